The molecule has 1 aromatic carbocycles. The van der Waals surface area contributed by atoms with Crippen molar-refractivity contribution in [1.82, 2.24) is 0 Å². The van der Waals surface area contributed by atoms with Crippen LogP contribution in [0.4, 0.5) is 0 Å². The van der Waals surface area contributed by atoms with E-state index in [0.29, 0.717) is 13.3 Å². The number of isocyanates is 1. The molecule has 0 unspecified atom stereocenters. The summed E-state index contributed by atoms with van der Waals surface area (Å²) >= 11 is 0. The molecule has 0 saturated carbocycles. The summed E-state index contributed by atoms with van der Waals surface area (Å²) < 4.78 is 10.5. The zero-order valence-corrected chi connectivity index (χ0v) is 8.23. The van der Waals surface area contributed by atoms with Crippen LogP contribution >= 0.6 is 0 Å². The number of aliphatic imine (C=N–C) groups is 1. The minimum absolute atomic E-state index is 0.300. The topological polar surface area (TPSA) is 47.9 Å². The molecule has 0 amide bonds. The molecule has 1 aliphatic rings. The molecule has 4 heteroatoms. The minimum Gasteiger partial charge on any atom is -0.454 e. The fourth-order valence-corrected chi connectivity index (χ4v) is 1.50. The first-order valence-corrected chi connectivity index (χ1v) is 4.82. The van der Waals surface area contributed by atoms with E-state index in [9.17, 15) is 4.79 Å². The van der Waals surface area contributed by atoms with E-state index in [4.69, 9.17) is 9.47 Å². The predicted octanol–water partition coefficient (Wildman–Crippen LogP) is 1.68. The van der Waals surface area contributed by atoms with Crippen LogP contribution in [-0.4, -0.2) is 19.4 Å². The smallest absolute Gasteiger partial charge is 0.234 e. The van der Waals surface area contributed by atoms with E-state index < -0.39 is 0 Å². The largest absolute Gasteiger partial charge is 0.454 e. The summed E-state index contributed by atoms with van der Waals surface area (Å²) in [7, 11) is 0. The van der Waals surface area contributed by atoms with Crippen molar-refractivity contribution < 1.29 is 14.3 Å². The van der Waals surface area contributed by atoms with Crippen molar-refractivity contribution in [2.75, 3.05) is 13.3 Å². The fraction of sp³-hybridized carbons (Fsp3) is 0.364. The number of aryl methyl sites for hydroxylation is 1. The lowest BCUT2D eigenvalue weighted by molar-refractivity contribution is 0.174. The van der Waals surface area contributed by atoms with Crippen LogP contribution in [0.15, 0.2) is 23.2 Å². The molecule has 0 aromatic heterocycles. The van der Waals surface area contributed by atoms with Gasteiger partial charge in [-0.2, -0.15) is 0 Å². The summed E-state index contributed by atoms with van der Waals surface area (Å²) in [5.74, 6) is 1.59. The van der Waals surface area contributed by atoms with Gasteiger partial charge in [0.1, 0.15) is 0 Å². The van der Waals surface area contributed by atoms with Gasteiger partial charge in [-0.15, -0.1) is 0 Å². The van der Waals surface area contributed by atoms with Gasteiger partial charge in [0, 0.05) is 0 Å². The Balaban J connectivity index is 1.95. The zero-order chi connectivity index (χ0) is 10.5. The summed E-state index contributed by atoms with van der Waals surface area (Å²) in [4.78, 5) is 13.3. The number of carbonyl (C=O) groups excluding carboxylic acids is 1. The Morgan fingerprint density at radius 1 is 1.33 bits per heavy atom. The molecule has 0 saturated heterocycles. The normalized spacial score (nSPS) is 12.3. The van der Waals surface area contributed by atoms with Crippen molar-refractivity contribution in [3.63, 3.8) is 0 Å². The summed E-state index contributed by atoms with van der Waals surface area (Å²) in [5.41, 5.74) is 1.17. The second kappa shape index (κ2) is 4.62. The highest BCUT2D eigenvalue weighted by Gasteiger charge is 2.12. The molecule has 0 fully saturated rings. The first-order valence-electron chi connectivity index (χ1n) is 4.82. The molecule has 0 bridgehead atoms. The molecule has 0 spiro atoms. The third kappa shape index (κ3) is 2.36. The number of hydrogen-bond acceptors (Lipinski definition) is 4. The van der Waals surface area contributed by atoms with E-state index >= 15 is 0 Å². The van der Waals surface area contributed by atoms with Gasteiger partial charge in [0.15, 0.2) is 11.5 Å². The van der Waals surface area contributed by atoms with Crippen LogP contribution in [0.1, 0.15) is 12.0 Å². The van der Waals surface area contributed by atoms with Gasteiger partial charge in [-0.1, -0.05) is 6.07 Å². The summed E-state index contributed by atoms with van der Waals surface area (Å²) in [6, 6.07) is 5.87. The van der Waals surface area contributed by atoms with Crippen molar-refractivity contribution >= 4 is 6.08 Å². The van der Waals surface area contributed by atoms with Crippen LogP contribution < -0.4 is 9.47 Å². The standard InChI is InChI=1S/C11H11NO3/c13-7-12-5-1-2-9-3-4-10-11(6-9)15-8-14-10/h3-4,6H,1-2,5,8H2. The van der Waals surface area contributed by atoms with Crippen molar-refractivity contribution in [1.29, 1.82) is 0 Å². The van der Waals surface area contributed by atoms with E-state index in [1.807, 2.05) is 18.2 Å². The van der Waals surface area contributed by atoms with Crippen molar-refractivity contribution in [2.24, 2.45) is 4.99 Å². The van der Waals surface area contributed by atoms with Gasteiger partial charge in [-0.25, -0.2) is 9.79 Å². The van der Waals surface area contributed by atoms with E-state index in [2.05, 4.69) is 4.99 Å². The van der Waals surface area contributed by atoms with Crippen molar-refractivity contribution in [3.05, 3.63) is 23.8 Å². The molecule has 2 rings (SSSR count). The van der Waals surface area contributed by atoms with Crippen LogP contribution in [0.2, 0.25) is 0 Å². The second-order valence-electron chi connectivity index (χ2n) is 3.26. The second-order valence-corrected chi connectivity index (χ2v) is 3.26. The van der Waals surface area contributed by atoms with Crippen molar-refractivity contribution in [3.8, 4) is 11.5 Å². The number of ether oxygens (including phenoxy) is 2. The Bertz CT molecular complexity index is 397. The van der Waals surface area contributed by atoms with Crippen molar-refractivity contribution in [2.45, 2.75) is 12.8 Å². The van der Waals surface area contributed by atoms with E-state index in [1.165, 1.54) is 11.6 Å². The molecule has 0 radical (unpaired) electrons. The quantitative estimate of drug-likeness (QED) is 0.427. The maximum absolute atomic E-state index is 9.84. The highest BCUT2D eigenvalue weighted by atomic mass is 16.7. The molecule has 1 aliphatic heterocycles. The molecule has 0 atom stereocenters. The average molecular weight is 205 g/mol. The number of nitrogens with zero attached hydrogens (tertiary/aromatic N) is 1. The van der Waals surface area contributed by atoms with Crippen LogP contribution in [-0.2, 0) is 11.2 Å². The lowest BCUT2D eigenvalue weighted by atomic mass is 10.1. The molecule has 0 N–H and O–H groups in total. The third-order valence-electron chi connectivity index (χ3n) is 2.24. The summed E-state index contributed by atoms with van der Waals surface area (Å²) in [6.07, 6.45) is 3.24. The van der Waals surface area contributed by atoms with Gasteiger partial charge < -0.3 is 9.47 Å². The minimum atomic E-state index is 0.300. The van der Waals surface area contributed by atoms with E-state index in [0.717, 1.165) is 24.3 Å². The number of rotatable bonds is 4. The van der Waals surface area contributed by atoms with E-state index in [-0.39, 0.29) is 0 Å². The summed E-state index contributed by atoms with van der Waals surface area (Å²) in [6.45, 7) is 0.826. The van der Waals surface area contributed by atoms with Crippen LogP contribution in [0.25, 0.3) is 0 Å². The molecular weight excluding hydrogens is 194 g/mol. The van der Waals surface area contributed by atoms with E-state index in [1.54, 1.807) is 0 Å². The first-order chi connectivity index (χ1) is 7.40. The Kier molecular flexibility index (Phi) is 3.00. The number of benzene rings is 1. The number of hydrogen-bond donors (Lipinski definition) is 0. The molecular formula is C11H11NO3. The molecule has 4 nitrogen and oxygen atoms in total. The number of fused-ring (bicyclic) bond motifs is 1. The first kappa shape index (κ1) is 9.74. The zero-order valence-electron chi connectivity index (χ0n) is 8.23. The molecule has 1 heterocycles. The summed E-state index contributed by atoms with van der Waals surface area (Å²) in [5, 5.41) is 0. The van der Waals surface area contributed by atoms with Gasteiger partial charge in [0.25, 0.3) is 0 Å². The van der Waals surface area contributed by atoms with Gasteiger partial charge in [0.2, 0.25) is 12.9 Å². The highest BCUT2D eigenvalue weighted by Crippen LogP contribution is 2.32. The van der Waals surface area contributed by atoms with Gasteiger partial charge >= 0.3 is 0 Å². The SMILES string of the molecule is O=C=NCCCc1ccc2c(c1)OCO2. The highest BCUT2D eigenvalue weighted by molar-refractivity contribution is 5.44. The van der Waals surface area contributed by atoms with Gasteiger partial charge in [-0.3, -0.25) is 0 Å². The Labute approximate surface area is 87.5 Å². The van der Waals surface area contributed by atoms with Gasteiger partial charge in [-0.05, 0) is 30.5 Å². The molecule has 0 aliphatic carbocycles. The van der Waals surface area contributed by atoms with Crippen LogP contribution in [0, 0.1) is 0 Å². The third-order valence-corrected chi connectivity index (χ3v) is 2.24. The Morgan fingerprint density at radius 3 is 3.07 bits per heavy atom. The fourth-order valence-electron chi connectivity index (χ4n) is 1.50. The Morgan fingerprint density at radius 2 is 2.20 bits per heavy atom. The lowest BCUT2D eigenvalue weighted by Gasteiger charge is -2.01. The maximum Gasteiger partial charge on any atom is 0.234 e. The monoisotopic (exact) mass is 205 g/mol. The molecule has 1 aromatic rings. The average Bonchev–Trinajstić information content (AvgIpc) is 2.71. The maximum atomic E-state index is 9.84. The molecule has 78 valence electrons. The van der Waals surface area contributed by atoms with Crippen LogP contribution in [0.3, 0.4) is 0 Å². The predicted molar refractivity (Wildman–Crippen MR) is 53.9 cm³/mol. The van der Waals surface area contributed by atoms with Crippen LogP contribution in [0.5, 0.6) is 11.5 Å². The molecule has 15 heavy (non-hydrogen) atoms. The lowest BCUT2D eigenvalue weighted by Crippen LogP contribution is -1.93. The van der Waals surface area contributed by atoms with Gasteiger partial charge in [0.05, 0.1) is 6.54 Å². The Hall–Kier alpha value is -1.80.